The standard InChI is InChI=1S/C40H21N3OS/c1-2-9-23-22(8-1)25-11-5-15-35-37(25)38-26(23)17-18-27(40(38)45-35)30-12-6-16-36(42-30)43-31-13-7-19-41-39(31)29-21-34-28(20-32(29)43)24-10-3-4-14-33(24)44-34/h1-21H. The molecule has 0 unspecified atom stereocenters. The molecule has 5 heterocycles. The summed E-state index contributed by atoms with van der Waals surface area (Å²) in [5, 5.41) is 11.2. The van der Waals surface area contributed by atoms with Gasteiger partial charge in [0.2, 0.25) is 0 Å². The van der Waals surface area contributed by atoms with Crippen molar-refractivity contribution in [2.75, 3.05) is 0 Å². The maximum Gasteiger partial charge on any atom is 0.138 e. The monoisotopic (exact) mass is 591 g/mol. The second-order valence-corrected chi connectivity index (χ2v) is 12.8. The molecule has 0 radical (unpaired) electrons. The molecule has 0 aliphatic rings. The van der Waals surface area contributed by atoms with Gasteiger partial charge in [-0.3, -0.25) is 9.55 Å². The number of benzene rings is 6. The molecule has 6 aromatic carbocycles. The summed E-state index contributed by atoms with van der Waals surface area (Å²) in [5.41, 5.74) is 6.89. The molecule has 45 heavy (non-hydrogen) atoms. The van der Waals surface area contributed by atoms with E-state index in [1.165, 1.54) is 41.7 Å². The molecule has 11 rings (SSSR count). The van der Waals surface area contributed by atoms with E-state index in [0.29, 0.717) is 0 Å². The van der Waals surface area contributed by atoms with Gasteiger partial charge in [0.25, 0.3) is 0 Å². The van der Waals surface area contributed by atoms with Gasteiger partial charge in [-0.2, -0.15) is 0 Å². The summed E-state index contributed by atoms with van der Waals surface area (Å²) in [7, 11) is 0. The number of aromatic nitrogens is 3. The largest absolute Gasteiger partial charge is 0.456 e. The minimum atomic E-state index is 0.865. The summed E-state index contributed by atoms with van der Waals surface area (Å²) < 4.78 is 11.1. The number of nitrogens with zero attached hydrogens (tertiary/aromatic N) is 3. The van der Waals surface area contributed by atoms with E-state index in [-0.39, 0.29) is 0 Å². The van der Waals surface area contributed by atoms with Crippen molar-refractivity contribution >= 4 is 96.9 Å². The van der Waals surface area contributed by atoms with E-state index in [1.807, 2.05) is 35.7 Å². The Morgan fingerprint density at radius 3 is 2.27 bits per heavy atom. The highest BCUT2D eigenvalue weighted by Gasteiger charge is 2.21. The van der Waals surface area contributed by atoms with Gasteiger partial charge in [-0.1, -0.05) is 72.8 Å². The van der Waals surface area contributed by atoms with E-state index in [0.717, 1.165) is 61.0 Å². The van der Waals surface area contributed by atoms with Crippen LogP contribution in [0, 0.1) is 0 Å². The van der Waals surface area contributed by atoms with Crippen LogP contribution in [-0.2, 0) is 0 Å². The van der Waals surface area contributed by atoms with Crippen molar-refractivity contribution in [2.45, 2.75) is 0 Å². The molecule has 0 spiro atoms. The second-order valence-electron chi connectivity index (χ2n) is 11.7. The van der Waals surface area contributed by atoms with E-state index in [1.54, 1.807) is 0 Å². The highest BCUT2D eigenvalue weighted by atomic mass is 32.1. The molecule has 0 atom stereocenters. The van der Waals surface area contributed by atoms with Crippen molar-refractivity contribution in [3.05, 3.63) is 128 Å². The highest BCUT2D eigenvalue weighted by molar-refractivity contribution is 7.26. The molecule has 0 saturated carbocycles. The van der Waals surface area contributed by atoms with Crippen LogP contribution in [0.1, 0.15) is 0 Å². The summed E-state index contributed by atoms with van der Waals surface area (Å²) in [5.74, 6) is 0.865. The second kappa shape index (κ2) is 8.44. The topological polar surface area (TPSA) is 43.9 Å². The summed E-state index contributed by atoms with van der Waals surface area (Å²) in [6.45, 7) is 0. The molecular formula is C40H21N3OS. The van der Waals surface area contributed by atoms with Crippen LogP contribution in [0.4, 0.5) is 0 Å². The van der Waals surface area contributed by atoms with Gasteiger partial charge in [0.05, 0.1) is 22.2 Å². The number of rotatable bonds is 2. The Hall–Kier alpha value is -5.78. The van der Waals surface area contributed by atoms with Crippen molar-refractivity contribution in [1.29, 1.82) is 0 Å². The van der Waals surface area contributed by atoms with Gasteiger partial charge < -0.3 is 4.42 Å². The van der Waals surface area contributed by atoms with E-state index in [4.69, 9.17) is 14.4 Å². The lowest BCUT2D eigenvalue weighted by Crippen LogP contribution is -1.98. The first-order chi connectivity index (χ1) is 22.3. The molecular weight excluding hydrogens is 571 g/mol. The van der Waals surface area contributed by atoms with Gasteiger partial charge >= 0.3 is 0 Å². The van der Waals surface area contributed by atoms with Gasteiger partial charge in [0, 0.05) is 48.1 Å². The number of hydrogen-bond donors (Lipinski definition) is 0. The number of thiophene rings is 1. The van der Waals surface area contributed by atoms with E-state index >= 15 is 0 Å². The zero-order chi connectivity index (χ0) is 29.2. The van der Waals surface area contributed by atoms with E-state index in [9.17, 15) is 0 Å². The molecule has 0 amide bonds. The lowest BCUT2D eigenvalue weighted by Gasteiger charge is -2.12. The van der Waals surface area contributed by atoms with Crippen molar-refractivity contribution in [1.82, 2.24) is 14.5 Å². The number of furan rings is 1. The van der Waals surface area contributed by atoms with Gasteiger partial charge in [0.15, 0.2) is 0 Å². The lowest BCUT2D eigenvalue weighted by atomic mass is 9.93. The Kier molecular flexibility index (Phi) is 4.43. The van der Waals surface area contributed by atoms with Crippen LogP contribution in [0.15, 0.2) is 132 Å². The minimum absolute atomic E-state index is 0.865. The molecule has 11 aromatic rings. The summed E-state index contributed by atoms with van der Waals surface area (Å²) in [6, 6.07) is 43.1. The fourth-order valence-electron chi connectivity index (χ4n) is 7.52. The molecule has 4 nitrogen and oxygen atoms in total. The number of hydrogen-bond acceptors (Lipinski definition) is 4. The van der Waals surface area contributed by atoms with Gasteiger partial charge in [0.1, 0.15) is 17.0 Å². The number of para-hydroxylation sites is 1. The van der Waals surface area contributed by atoms with E-state index < -0.39 is 0 Å². The summed E-state index contributed by atoms with van der Waals surface area (Å²) >= 11 is 1.87. The van der Waals surface area contributed by atoms with Crippen LogP contribution in [-0.4, -0.2) is 14.5 Å². The molecule has 0 saturated heterocycles. The highest BCUT2D eigenvalue weighted by Crippen LogP contribution is 2.48. The average Bonchev–Trinajstić information content (AvgIpc) is 3.76. The van der Waals surface area contributed by atoms with Gasteiger partial charge in [-0.25, -0.2) is 4.98 Å². The number of pyridine rings is 2. The Morgan fingerprint density at radius 2 is 1.36 bits per heavy atom. The lowest BCUT2D eigenvalue weighted by molar-refractivity contribution is 0.669. The smallest absolute Gasteiger partial charge is 0.138 e. The maximum atomic E-state index is 6.26. The molecule has 0 bridgehead atoms. The molecule has 0 fully saturated rings. The predicted octanol–water partition coefficient (Wildman–Crippen LogP) is 11.3. The SMILES string of the molecule is c1cc(-c2ccc3c4ccccc4c4cccc5sc2c3c54)nc(-n2c3cc4c(cc3c3ncccc32)oc2ccccc24)c1. The predicted molar refractivity (Wildman–Crippen MR) is 188 cm³/mol. The molecule has 5 aromatic heterocycles. The third-order valence-corrected chi connectivity index (χ3v) is 10.6. The third-order valence-electron chi connectivity index (χ3n) is 9.41. The Bertz CT molecular complexity index is 3000. The molecule has 5 heteroatoms. The average molecular weight is 592 g/mol. The zero-order valence-corrected chi connectivity index (χ0v) is 24.6. The molecule has 0 aliphatic carbocycles. The van der Waals surface area contributed by atoms with Gasteiger partial charge in [-0.15, -0.1) is 11.3 Å². The molecule has 208 valence electrons. The zero-order valence-electron chi connectivity index (χ0n) is 23.8. The molecule has 0 N–H and O–H groups in total. The summed E-state index contributed by atoms with van der Waals surface area (Å²) in [6.07, 6.45) is 1.86. The number of fused-ring (bicyclic) bond motifs is 9. The fourth-order valence-corrected chi connectivity index (χ4v) is 8.80. The first-order valence-corrected chi connectivity index (χ1v) is 15.9. The van der Waals surface area contributed by atoms with Crippen molar-refractivity contribution in [3.63, 3.8) is 0 Å². The first-order valence-electron chi connectivity index (χ1n) is 15.1. The van der Waals surface area contributed by atoms with Crippen LogP contribution in [0.2, 0.25) is 0 Å². The van der Waals surface area contributed by atoms with Crippen LogP contribution in [0.25, 0.3) is 103 Å². The van der Waals surface area contributed by atoms with Gasteiger partial charge in [-0.05, 0) is 70.1 Å². The van der Waals surface area contributed by atoms with Crippen molar-refractivity contribution in [2.24, 2.45) is 0 Å². The van der Waals surface area contributed by atoms with Crippen molar-refractivity contribution < 1.29 is 4.42 Å². The van der Waals surface area contributed by atoms with Crippen LogP contribution < -0.4 is 0 Å². The Labute approximate surface area is 259 Å². The Balaban J connectivity index is 1.20. The fraction of sp³-hybridized carbons (Fsp3) is 0. The molecule has 0 aliphatic heterocycles. The first kappa shape index (κ1) is 23.6. The summed E-state index contributed by atoms with van der Waals surface area (Å²) in [4.78, 5) is 10.2. The van der Waals surface area contributed by atoms with Crippen molar-refractivity contribution in [3.8, 4) is 17.1 Å². The minimum Gasteiger partial charge on any atom is -0.456 e. The maximum absolute atomic E-state index is 6.26. The quantitative estimate of drug-likeness (QED) is 0.188. The van der Waals surface area contributed by atoms with Crippen LogP contribution in [0.5, 0.6) is 0 Å². The Morgan fingerprint density at radius 1 is 0.556 bits per heavy atom. The van der Waals surface area contributed by atoms with Crippen LogP contribution >= 0.6 is 11.3 Å². The van der Waals surface area contributed by atoms with Crippen LogP contribution in [0.3, 0.4) is 0 Å². The normalized spacial score (nSPS) is 12.4. The van der Waals surface area contributed by atoms with E-state index in [2.05, 4.69) is 108 Å². The third kappa shape index (κ3) is 3.05.